The van der Waals surface area contributed by atoms with E-state index in [1.54, 1.807) is 12.1 Å². The highest BCUT2D eigenvalue weighted by Crippen LogP contribution is 2.29. The molecule has 1 N–H and O–H groups in total. The molecule has 1 aromatic heterocycles. The second-order valence-corrected chi connectivity index (χ2v) is 4.29. The molecule has 0 fully saturated rings. The number of rotatable bonds is 2. The van der Waals surface area contributed by atoms with Crippen molar-refractivity contribution in [2.24, 2.45) is 0 Å². The van der Waals surface area contributed by atoms with Gasteiger partial charge in [-0.05, 0) is 30.2 Å². The molecule has 6 nitrogen and oxygen atoms in total. The number of hydrogen-bond acceptors (Lipinski definition) is 5. The van der Waals surface area contributed by atoms with Crippen LogP contribution in [-0.4, -0.2) is 15.9 Å². The molecule has 98 valence electrons. The molecule has 0 aliphatic carbocycles. The third-order valence-electron chi connectivity index (χ3n) is 2.96. The molecule has 0 saturated carbocycles. The van der Waals surface area contributed by atoms with Crippen LogP contribution in [0.15, 0.2) is 30.6 Å². The van der Waals surface area contributed by atoms with Gasteiger partial charge < -0.3 is 10.1 Å². The number of nitrogens with one attached hydrogen (secondary N) is 1. The lowest BCUT2D eigenvalue weighted by atomic mass is 10.0. The molecule has 0 unspecified atom stereocenters. The molecule has 0 bridgehead atoms. The van der Waals surface area contributed by atoms with Crippen LogP contribution >= 0.6 is 0 Å². The van der Waals surface area contributed by atoms with E-state index in [1.165, 1.54) is 12.4 Å². The van der Waals surface area contributed by atoms with Crippen molar-refractivity contribution in [2.75, 3.05) is 5.32 Å². The third kappa shape index (κ3) is 2.29. The maximum Gasteiger partial charge on any atom is 0.256 e. The van der Waals surface area contributed by atoms with E-state index in [-0.39, 0.29) is 17.5 Å². The Hall–Kier alpha value is -2.94. The summed E-state index contributed by atoms with van der Waals surface area (Å²) in [6.45, 7) is 0. The fourth-order valence-electron chi connectivity index (χ4n) is 2.01. The van der Waals surface area contributed by atoms with E-state index in [2.05, 4.69) is 15.3 Å². The molecule has 1 amide bonds. The maximum atomic E-state index is 11.3. The molecule has 3 rings (SSSR count). The Kier molecular flexibility index (Phi) is 3.01. The molecule has 20 heavy (non-hydrogen) atoms. The molecule has 2 aromatic rings. The monoisotopic (exact) mass is 266 g/mol. The summed E-state index contributed by atoms with van der Waals surface area (Å²) in [7, 11) is 0. The molecule has 1 aliphatic rings. The zero-order chi connectivity index (χ0) is 13.9. The summed E-state index contributed by atoms with van der Waals surface area (Å²) in [4.78, 5) is 19.2. The first kappa shape index (κ1) is 12.1. The molecule has 0 saturated heterocycles. The summed E-state index contributed by atoms with van der Waals surface area (Å²) in [6.07, 6.45) is 4.04. The number of anilines is 1. The number of aryl methyl sites for hydroxylation is 1. The van der Waals surface area contributed by atoms with Crippen molar-refractivity contribution in [3.05, 3.63) is 41.9 Å². The molecule has 0 spiro atoms. The first-order valence-electron chi connectivity index (χ1n) is 6.08. The molecule has 1 aliphatic heterocycles. The third-order valence-corrected chi connectivity index (χ3v) is 2.96. The highest BCUT2D eigenvalue weighted by Gasteiger charge is 2.16. The van der Waals surface area contributed by atoms with Gasteiger partial charge in [0.05, 0.1) is 0 Å². The van der Waals surface area contributed by atoms with Gasteiger partial charge >= 0.3 is 0 Å². The molecule has 1 aromatic carbocycles. The lowest BCUT2D eigenvalue weighted by molar-refractivity contribution is -0.116. The van der Waals surface area contributed by atoms with Crippen molar-refractivity contribution in [3.8, 4) is 17.7 Å². The predicted octanol–water partition coefficient (Wildman–Crippen LogP) is 2.03. The average Bonchev–Trinajstić information content (AvgIpc) is 2.48. The van der Waals surface area contributed by atoms with Crippen LogP contribution in [0.1, 0.15) is 17.7 Å². The van der Waals surface area contributed by atoms with Gasteiger partial charge in [-0.25, -0.2) is 9.97 Å². The Morgan fingerprint density at radius 2 is 2.10 bits per heavy atom. The van der Waals surface area contributed by atoms with Crippen LogP contribution in [0.4, 0.5) is 5.69 Å². The minimum atomic E-state index is 0.0202. The van der Waals surface area contributed by atoms with E-state index in [4.69, 9.17) is 10.00 Å². The standard InChI is InChI=1S/C14H10N4O2/c15-8-12-14(17-6-5-16-12)20-10-2-3-11-9(7-10)1-4-13(19)18-11/h2-3,5-7H,1,4H2,(H,18,19). The van der Waals surface area contributed by atoms with Crippen molar-refractivity contribution < 1.29 is 9.53 Å². The van der Waals surface area contributed by atoms with E-state index < -0.39 is 0 Å². The van der Waals surface area contributed by atoms with Crippen LogP contribution in [0.5, 0.6) is 11.6 Å². The summed E-state index contributed by atoms with van der Waals surface area (Å²) in [5, 5.41) is 11.7. The van der Waals surface area contributed by atoms with Gasteiger partial charge in [0.1, 0.15) is 11.8 Å². The van der Waals surface area contributed by atoms with Crippen molar-refractivity contribution in [1.29, 1.82) is 5.26 Å². The maximum absolute atomic E-state index is 11.3. The fraction of sp³-hybridized carbons (Fsp3) is 0.143. The second-order valence-electron chi connectivity index (χ2n) is 4.29. The first-order valence-corrected chi connectivity index (χ1v) is 6.08. The summed E-state index contributed by atoms with van der Waals surface area (Å²) >= 11 is 0. The summed E-state index contributed by atoms with van der Waals surface area (Å²) in [5.41, 5.74) is 1.94. The molecular formula is C14H10N4O2. The number of amides is 1. The van der Waals surface area contributed by atoms with Crippen LogP contribution < -0.4 is 10.1 Å². The normalized spacial score (nSPS) is 13.1. The number of nitriles is 1. The summed E-state index contributed by atoms with van der Waals surface area (Å²) in [6, 6.07) is 7.27. The number of benzene rings is 1. The van der Waals surface area contributed by atoms with E-state index in [0.29, 0.717) is 18.6 Å². The number of fused-ring (bicyclic) bond motifs is 1. The highest BCUT2D eigenvalue weighted by atomic mass is 16.5. The van der Waals surface area contributed by atoms with Gasteiger partial charge in [-0.2, -0.15) is 5.26 Å². The van der Waals surface area contributed by atoms with Crippen LogP contribution in [0, 0.1) is 11.3 Å². The topological polar surface area (TPSA) is 87.9 Å². The average molecular weight is 266 g/mol. The minimum Gasteiger partial charge on any atom is -0.436 e. The summed E-state index contributed by atoms with van der Waals surface area (Å²) in [5.74, 6) is 0.763. The lowest BCUT2D eigenvalue weighted by Gasteiger charge is -2.17. The molecule has 0 atom stereocenters. The number of hydrogen-bond donors (Lipinski definition) is 1. The minimum absolute atomic E-state index is 0.0202. The van der Waals surface area contributed by atoms with Crippen molar-refractivity contribution in [1.82, 2.24) is 9.97 Å². The smallest absolute Gasteiger partial charge is 0.256 e. The molecule has 6 heteroatoms. The fourth-order valence-corrected chi connectivity index (χ4v) is 2.01. The van der Waals surface area contributed by atoms with E-state index >= 15 is 0 Å². The number of carbonyl (C=O) groups is 1. The van der Waals surface area contributed by atoms with E-state index in [0.717, 1.165) is 11.3 Å². The zero-order valence-corrected chi connectivity index (χ0v) is 10.5. The number of nitrogens with zero attached hydrogens (tertiary/aromatic N) is 3. The predicted molar refractivity (Wildman–Crippen MR) is 70.2 cm³/mol. The largest absolute Gasteiger partial charge is 0.436 e. The van der Waals surface area contributed by atoms with Gasteiger partial charge in [0, 0.05) is 24.5 Å². The lowest BCUT2D eigenvalue weighted by Crippen LogP contribution is -2.18. The number of aromatic nitrogens is 2. The Bertz CT molecular complexity index is 721. The van der Waals surface area contributed by atoms with Gasteiger partial charge in [0.15, 0.2) is 0 Å². The molecule has 0 radical (unpaired) electrons. The van der Waals surface area contributed by atoms with Gasteiger partial charge in [-0.15, -0.1) is 0 Å². The Balaban J connectivity index is 1.89. The van der Waals surface area contributed by atoms with Gasteiger partial charge in [0.2, 0.25) is 11.6 Å². The van der Waals surface area contributed by atoms with Gasteiger partial charge in [0.25, 0.3) is 5.88 Å². The summed E-state index contributed by atoms with van der Waals surface area (Å²) < 4.78 is 5.58. The van der Waals surface area contributed by atoms with Crippen molar-refractivity contribution >= 4 is 11.6 Å². The van der Waals surface area contributed by atoms with Crippen LogP contribution in [0.2, 0.25) is 0 Å². The number of carbonyl (C=O) groups excluding carboxylic acids is 1. The van der Waals surface area contributed by atoms with Gasteiger partial charge in [-0.1, -0.05) is 0 Å². The number of ether oxygens (including phenoxy) is 1. The highest BCUT2D eigenvalue weighted by molar-refractivity contribution is 5.94. The molecular weight excluding hydrogens is 256 g/mol. The van der Waals surface area contributed by atoms with Crippen molar-refractivity contribution in [2.45, 2.75) is 12.8 Å². The van der Waals surface area contributed by atoms with E-state index in [9.17, 15) is 4.79 Å². The van der Waals surface area contributed by atoms with Crippen molar-refractivity contribution in [3.63, 3.8) is 0 Å². The van der Waals surface area contributed by atoms with Gasteiger partial charge in [-0.3, -0.25) is 4.79 Å². The molecule has 2 heterocycles. The van der Waals surface area contributed by atoms with Crippen LogP contribution in [0.25, 0.3) is 0 Å². The quantitative estimate of drug-likeness (QED) is 0.898. The van der Waals surface area contributed by atoms with E-state index in [1.807, 2.05) is 12.1 Å². The first-order chi connectivity index (χ1) is 9.76. The Morgan fingerprint density at radius 3 is 2.95 bits per heavy atom. The SMILES string of the molecule is N#Cc1nccnc1Oc1ccc2c(c1)CCC(=O)N2. The van der Waals surface area contributed by atoms with Crippen LogP contribution in [-0.2, 0) is 11.2 Å². The van der Waals surface area contributed by atoms with Crippen LogP contribution in [0.3, 0.4) is 0 Å². The second kappa shape index (κ2) is 4.97. The Labute approximate surface area is 115 Å². The zero-order valence-electron chi connectivity index (χ0n) is 10.5. The Morgan fingerprint density at radius 1 is 1.25 bits per heavy atom.